The summed E-state index contributed by atoms with van der Waals surface area (Å²) < 4.78 is 10.7. The monoisotopic (exact) mass is 500 g/mol. The first-order chi connectivity index (χ1) is 17.5. The van der Waals surface area contributed by atoms with Gasteiger partial charge in [-0.15, -0.1) is 11.3 Å². The van der Waals surface area contributed by atoms with E-state index in [2.05, 4.69) is 60.5 Å². The molecule has 0 saturated carbocycles. The number of anilines is 1. The van der Waals surface area contributed by atoms with E-state index in [0.717, 1.165) is 39.8 Å². The lowest BCUT2D eigenvalue weighted by atomic mass is 10.1. The van der Waals surface area contributed by atoms with Gasteiger partial charge in [0.1, 0.15) is 12.4 Å². The normalized spacial score (nSPS) is 10.9. The van der Waals surface area contributed by atoms with Crippen molar-refractivity contribution >= 4 is 22.4 Å². The van der Waals surface area contributed by atoms with Crippen LogP contribution < -0.4 is 9.64 Å². The van der Waals surface area contributed by atoms with Crippen molar-refractivity contribution in [3.63, 3.8) is 0 Å². The van der Waals surface area contributed by atoms with Crippen LogP contribution in [-0.2, 0) is 29.1 Å². The van der Waals surface area contributed by atoms with Gasteiger partial charge in [-0.25, -0.2) is 4.98 Å². The number of carbonyl (C=O) groups is 1. The Bertz CT molecular complexity index is 1240. The van der Waals surface area contributed by atoms with Gasteiger partial charge in [0.15, 0.2) is 5.13 Å². The summed E-state index contributed by atoms with van der Waals surface area (Å²) in [6.07, 6.45) is 1.05. The second-order valence-electron chi connectivity index (χ2n) is 8.93. The number of methoxy groups -OCH3 is 1. The van der Waals surface area contributed by atoms with Gasteiger partial charge >= 0.3 is 5.97 Å². The summed E-state index contributed by atoms with van der Waals surface area (Å²) in [6, 6.07) is 27.1. The molecular weight excluding hydrogens is 468 g/mol. The van der Waals surface area contributed by atoms with Crippen molar-refractivity contribution < 1.29 is 14.3 Å². The molecule has 4 aromatic rings. The number of thiazole rings is 1. The first-order valence-electron chi connectivity index (χ1n) is 12.2. The van der Waals surface area contributed by atoms with E-state index >= 15 is 0 Å². The molecule has 4 rings (SSSR count). The number of rotatable bonds is 11. The van der Waals surface area contributed by atoms with Crippen LogP contribution in [0.5, 0.6) is 5.75 Å². The highest BCUT2D eigenvalue weighted by atomic mass is 32.1. The molecule has 0 bridgehead atoms. The minimum Gasteiger partial charge on any atom is -0.489 e. The number of esters is 1. The molecule has 36 heavy (non-hydrogen) atoms. The Kier molecular flexibility index (Phi) is 8.74. The fourth-order valence-electron chi connectivity index (χ4n) is 3.81. The molecule has 1 heterocycles. The first kappa shape index (κ1) is 25.5. The van der Waals surface area contributed by atoms with Crippen molar-refractivity contribution in [2.24, 2.45) is 0 Å². The summed E-state index contributed by atoms with van der Waals surface area (Å²) >= 11 is 1.69. The van der Waals surface area contributed by atoms with Gasteiger partial charge in [0.2, 0.25) is 0 Å². The number of aromatic nitrogens is 1. The van der Waals surface area contributed by atoms with E-state index in [4.69, 9.17) is 14.5 Å². The third-order valence-corrected chi connectivity index (χ3v) is 6.86. The Balaban J connectivity index is 1.33. The van der Waals surface area contributed by atoms with Crippen LogP contribution in [-0.4, -0.2) is 24.1 Å². The molecule has 0 unspecified atom stereocenters. The van der Waals surface area contributed by atoms with Crippen LogP contribution in [0.25, 0.3) is 11.3 Å². The van der Waals surface area contributed by atoms with Crippen molar-refractivity contribution in [2.75, 3.05) is 12.0 Å². The maximum absolute atomic E-state index is 11.3. The Morgan fingerprint density at radius 1 is 0.917 bits per heavy atom. The summed E-state index contributed by atoms with van der Waals surface area (Å²) in [5.41, 5.74) is 5.60. The number of nitrogens with zero attached hydrogens (tertiary/aromatic N) is 2. The van der Waals surface area contributed by atoms with Gasteiger partial charge in [-0.2, -0.15) is 0 Å². The summed E-state index contributed by atoms with van der Waals surface area (Å²) in [5.74, 6) is 0.615. The highest BCUT2D eigenvalue weighted by Crippen LogP contribution is 2.29. The molecule has 0 amide bonds. The molecule has 0 radical (unpaired) electrons. The number of ether oxygens (including phenoxy) is 2. The zero-order chi connectivity index (χ0) is 25.3. The Morgan fingerprint density at radius 2 is 1.58 bits per heavy atom. The van der Waals surface area contributed by atoms with Gasteiger partial charge in [-0.3, -0.25) is 4.79 Å². The molecule has 0 aliphatic carbocycles. The number of benzene rings is 3. The van der Waals surface area contributed by atoms with Gasteiger partial charge in [0.05, 0.1) is 12.8 Å². The smallest absolute Gasteiger partial charge is 0.305 e. The first-order valence-corrected chi connectivity index (χ1v) is 13.0. The largest absolute Gasteiger partial charge is 0.489 e. The Morgan fingerprint density at radius 3 is 2.25 bits per heavy atom. The lowest BCUT2D eigenvalue weighted by molar-refractivity contribution is -0.140. The maximum atomic E-state index is 11.3. The molecule has 3 aromatic carbocycles. The van der Waals surface area contributed by atoms with Gasteiger partial charge < -0.3 is 14.4 Å². The van der Waals surface area contributed by atoms with E-state index in [1.54, 1.807) is 11.3 Å². The van der Waals surface area contributed by atoms with E-state index in [1.165, 1.54) is 12.7 Å². The number of hydrogen-bond acceptors (Lipinski definition) is 6. The summed E-state index contributed by atoms with van der Waals surface area (Å²) in [4.78, 5) is 18.6. The van der Waals surface area contributed by atoms with E-state index in [-0.39, 0.29) is 5.97 Å². The fraction of sp³-hybridized carbons (Fsp3) is 0.267. The highest BCUT2D eigenvalue weighted by molar-refractivity contribution is 7.14. The van der Waals surface area contributed by atoms with Crippen molar-refractivity contribution in [1.29, 1.82) is 0 Å². The third kappa shape index (κ3) is 6.95. The van der Waals surface area contributed by atoms with Crippen LogP contribution in [0.2, 0.25) is 0 Å². The van der Waals surface area contributed by atoms with Gasteiger partial charge in [-0.05, 0) is 49.1 Å². The van der Waals surface area contributed by atoms with Crippen molar-refractivity contribution in [2.45, 2.75) is 45.9 Å². The highest BCUT2D eigenvalue weighted by Gasteiger charge is 2.16. The van der Waals surface area contributed by atoms with E-state index in [1.807, 2.05) is 42.5 Å². The minimum absolute atomic E-state index is 0.195. The maximum Gasteiger partial charge on any atom is 0.305 e. The number of hydrogen-bond donors (Lipinski definition) is 0. The minimum atomic E-state index is -0.195. The number of carbonyl (C=O) groups excluding carboxylic acids is 1. The van der Waals surface area contributed by atoms with Crippen LogP contribution >= 0.6 is 11.3 Å². The Hall–Kier alpha value is -3.64. The quantitative estimate of drug-likeness (QED) is 0.209. The van der Waals surface area contributed by atoms with Gasteiger partial charge in [0.25, 0.3) is 0 Å². The molecule has 0 saturated heterocycles. The molecule has 0 fully saturated rings. The van der Waals surface area contributed by atoms with Crippen molar-refractivity contribution in [3.05, 3.63) is 101 Å². The molecule has 6 heteroatoms. The lowest BCUT2D eigenvalue weighted by Gasteiger charge is -2.26. The summed E-state index contributed by atoms with van der Waals surface area (Å²) in [5, 5.41) is 3.16. The predicted octanol–water partition coefficient (Wildman–Crippen LogP) is 6.91. The second-order valence-corrected chi connectivity index (χ2v) is 9.76. The van der Waals surface area contributed by atoms with Gasteiger partial charge in [-0.1, -0.05) is 66.7 Å². The van der Waals surface area contributed by atoms with E-state index in [9.17, 15) is 4.79 Å². The van der Waals surface area contributed by atoms with E-state index < -0.39 is 0 Å². The molecule has 0 aliphatic heterocycles. The van der Waals surface area contributed by atoms with Crippen molar-refractivity contribution in [3.8, 4) is 17.0 Å². The molecule has 5 nitrogen and oxygen atoms in total. The average molecular weight is 501 g/mol. The van der Waals surface area contributed by atoms with Crippen LogP contribution in [0.15, 0.2) is 84.2 Å². The van der Waals surface area contributed by atoms with Crippen LogP contribution in [0, 0.1) is 0 Å². The van der Waals surface area contributed by atoms with Crippen LogP contribution in [0.1, 0.15) is 37.0 Å². The predicted molar refractivity (Wildman–Crippen MR) is 146 cm³/mol. The SMILES string of the molecule is COC(=O)CCc1ccc(OCc2ccc(CN(c3nc(-c4ccccc4)cs3)C(C)C)cc2)cc1. The standard InChI is InChI=1S/C30H32N2O3S/c1-22(2)32(30-31-28(21-36-30)26-7-5-4-6-8-26)19-24-9-11-25(12-10-24)20-35-27-16-13-23(14-17-27)15-18-29(33)34-3/h4-14,16-17,21-22H,15,18-20H2,1-3H3. The zero-order valence-corrected chi connectivity index (χ0v) is 21.8. The topological polar surface area (TPSA) is 51.7 Å². The summed E-state index contributed by atoms with van der Waals surface area (Å²) in [7, 11) is 1.41. The molecule has 1 aromatic heterocycles. The molecular formula is C30H32N2O3S. The van der Waals surface area contributed by atoms with Crippen LogP contribution in [0.3, 0.4) is 0 Å². The average Bonchev–Trinajstić information content (AvgIpc) is 3.40. The van der Waals surface area contributed by atoms with Crippen molar-refractivity contribution in [1.82, 2.24) is 4.98 Å². The number of aryl methyl sites for hydroxylation is 1. The fourth-order valence-corrected chi connectivity index (χ4v) is 4.78. The molecule has 186 valence electrons. The summed E-state index contributed by atoms with van der Waals surface area (Å²) in [6.45, 7) is 5.70. The molecule has 0 spiro atoms. The Labute approximate surface area is 217 Å². The van der Waals surface area contributed by atoms with Gasteiger partial charge in [0, 0.05) is 30.0 Å². The van der Waals surface area contributed by atoms with Crippen LogP contribution in [0.4, 0.5) is 5.13 Å². The zero-order valence-electron chi connectivity index (χ0n) is 21.0. The molecule has 0 aliphatic rings. The molecule has 0 N–H and O–H groups in total. The third-order valence-electron chi connectivity index (χ3n) is 5.98. The second kappa shape index (κ2) is 12.4. The van der Waals surface area contributed by atoms with E-state index in [0.29, 0.717) is 25.5 Å². The lowest BCUT2D eigenvalue weighted by Crippen LogP contribution is -2.30. The molecule has 0 atom stereocenters.